The van der Waals surface area contributed by atoms with E-state index in [0.29, 0.717) is 29.4 Å². The summed E-state index contributed by atoms with van der Waals surface area (Å²) in [4.78, 5) is 22.1. The summed E-state index contributed by atoms with van der Waals surface area (Å²) in [6.07, 6.45) is 0. The second kappa shape index (κ2) is 9.16. The number of ether oxygens (including phenoxy) is 2. The first-order valence-electron chi connectivity index (χ1n) is 7.94. The quantitative estimate of drug-likeness (QED) is 0.444. The number of para-hydroxylation sites is 2. The smallest absolute Gasteiger partial charge is 0.277 e. The minimum atomic E-state index is -0.477. The first-order valence-corrected chi connectivity index (χ1v) is 7.94. The van der Waals surface area contributed by atoms with Gasteiger partial charge in [-0.1, -0.05) is 12.1 Å². The Bertz CT molecular complexity index is 803. The molecule has 2 aromatic rings. The molecule has 0 heterocycles. The number of carbonyl (C=O) groups is 1. The minimum absolute atomic E-state index is 0.00745. The molecule has 1 amide bonds. The average Bonchev–Trinajstić information content (AvgIpc) is 2.65. The van der Waals surface area contributed by atoms with Crippen LogP contribution in [0.3, 0.4) is 0 Å². The molecule has 0 aliphatic rings. The number of non-ortho nitro benzene ring substituents is 1. The van der Waals surface area contributed by atoms with Crippen molar-refractivity contribution >= 4 is 17.3 Å². The molecular weight excluding hydrogens is 338 g/mol. The third-order valence-electron chi connectivity index (χ3n) is 3.35. The maximum absolute atomic E-state index is 11.9. The average molecular weight is 357 g/mol. The van der Waals surface area contributed by atoms with E-state index in [4.69, 9.17) is 9.47 Å². The van der Waals surface area contributed by atoms with Gasteiger partial charge in [0.25, 0.3) is 11.6 Å². The molecule has 0 spiro atoms. The van der Waals surface area contributed by atoms with Gasteiger partial charge < -0.3 is 9.47 Å². The summed E-state index contributed by atoms with van der Waals surface area (Å²) in [5.74, 6) is 0.603. The van der Waals surface area contributed by atoms with Crippen LogP contribution in [0.15, 0.2) is 53.6 Å². The Hall–Kier alpha value is -3.42. The zero-order valence-electron chi connectivity index (χ0n) is 14.5. The summed E-state index contributed by atoms with van der Waals surface area (Å²) < 4.78 is 10.9. The van der Waals surface area contributed by atoms with Crippen LogP contribution in [0.4, 0.5) is 5.69 Å². The monoisotopic (exact) mass is 357 g/mol. The van der Waals surface area contributed by atoms with Crippen LogP contribution in [0.25, 0.3) is 0 Å². The zero-order chi connectivity index (χ0) is 18.9. The lowest BCUT2D eigenvalue weighted by Gasteiger charge is -2.10. The summed E-state index contributed by atoms with van der Waals surface area (Å²) in [6, 6.07) is 13.0. The molecule has 26 heavy (non-hydrogen) atoms. The number of hydrogen-bond donors (Lipinski definition) is 1. The van der Waals surface area contributed by atoms with Gasteiger partial charge in [-0.25, -0.2) is 5.43 Å². The Labute approximate surface area is 150 Å². The van der Waals surface area contributed by atoms with Gasteiger partial charge in [-0.15, -0.1) is 0 Å². The van der Waals surface area contributed by atoms with Gasteiger partial charge in [-0.3, -0.25) is 14.9 Å². The van der Waals surface area contributed by atoms with Crippen molar-refractivity contribution in [2.75, 3.05) is 13.2 Å². The summed E-state index contributed by atoms with van der Waals surface area (Å²) in [5, 5.41) is 14.6. The number of nitrogens with one attached hydrogen (secondary N) is 1. The summed E-state index contributed by atoms with van der Waals surface area (Å²) in [5.41, 5.74) is 3.56. The number of nitro benzene ring substituents is 1. The van der Waals surface area contributed by atoms with Crippen molar-refractivity contribution < 1.29 is 19.2 Å². The molecule has 0 radical (unpaired) electrons. The van der Waals surface area contributed by atoms with E-state index in [1.165, 1.54) is 12.1 Å². The first kappa shape index (κ1) is 18.9. The topological polar surface area (TPSA) is 103 Å². The second-order valence-corrected chi connectivity index (χ2v) is 5.20. The predicted molar refractivity (Wildman–Crippen MR) is 96.6 cm³/mol. The number of nitro groups is 1. The maximum atomic E-state index is 11.9. The van der Waals surface area contributed by atoms with Gasteiger partial charge in [-0.2, -0.15) is 5.10 Å². The van der Waals surface area contributed by atoms with E-state index in [2.05, 4.69) is 10.5 Å². The second-order valence-electron chi connectivity index (χ2n) is 5.20. The molecule has 0 aliphatic carbocycles. The molecule has 0 saturated carbocycles. The fraction of sp³-hybridized carbons (Fsp3) is 0.222. The van der Waals surface area contributed by atoms with Gasteiger partial charge in [0.1, 0.15) is 0 Å². The van der Waals surface area contributed by atoms with Crippen LogP contribution < -0.4 is 14.9 Å². The number of carbonyl (C=O) groups excluding carboxylic acids is 1. The van der Waals surface area contributed by atoms with Crippen LogP contribution >= 0.6 is 0 Å². The minimum Gasteiger partial charge on any atom is -0.490 e. The van der Waals surface area contributed by atoms with E-state index in [0.717, 1.165) is 0 Å². The van der Waals surface area contributed by atoms with E-state index in [9.17, 15) is 14.9 Å². The van der Waals surface area contributed by atoms with Crippen LogP contribution in [0, 0.1) is 10.1 Å². The molecule has 2 rings (SSSR count). The van der Waals surface area contributed by atoms with Crippen molar-refractivity contribution in [2.45, 2.75) is 13.8 Å². The zero-order valence-corrected chi connectivity index (χ0v) is 14.5. The highest BCUT2D eigenvalue weighted by molar-refractivity contribution is 5.99. The summed E-state index contributed by atoms with van der Waals surface area (Å²) in [6.45, 7) is 3.82. The molecule has 0 fully saturated rings. The van der Waals surface area contributed by atoms with Crippen molar-refractivity contribution in [3.63, 3.8) is 0 Å². The van der Waals surface area contributed by atoms with Gasteiger partial charge in [-0.05, 0) is 43.7 Å². The van der Waals surface area contributed by atoms with E-state index >= 15 is 0 Å². The number of nitrogens with zero attached hydrogens (tertiary/aromatic N) is 2. The first-order chi connectivity index (χ1) is 12.5. The van der Waals surface area contributed by atoms with Crippen molar-refractivity contribution in [3.8, 4) is 11.5 Å². The van der Waals surface area contributed by atoms with E-state index in [-0.39, 0.29) is 12.3 Å². The fourth-order valence-electron chi connectivity index (χ4n) is 2.05. The summed E-state index contributed by atoms with van der Waals surface area (Å²) >= 11 is 0. The van der Waals surface area contributed by atoms with Gasteiger partial charge >= 0.3 is 0 Å². The standard InChI is InChI=1S/C18H19N3O5/c1-3-25-16-6-4-5-7-17(16)26-12-18(22)20-19-13(2)14-8-10-15(11-9-14)21(23)24/h4-11H,3,12H2,1-2H3,(H,20,22)/b19-13+. The molecule has 0 saturated heterocycles. The highest BCUT2D eigenvalue weighted by Gasteiger charge is 2.08. The third kappa shape index (κ3) is 5.30. The van der Waals surface area contributed by atoms with Crippen LogP contribution in [-0.4, -0.2) is 29.8 Å². The van der Waals surface area contributed by atoms with Crippen LogP contribution in [0.5, 0.6) is 11.5 Å². The molecule has 8 nitrogen and oxygen atoms in total. The molecular formula is C18H19N3O5. The van der Waals surface area contributed by atoms with Crippen molar-refractivity contribution in [1.29, 1.82) is 0 Å². The molecule has 136 valence electrons. The highest BCUT2D eigenvalue weighted by atomic mass is 16.6. The largest absolute Gasteiger partial charge is 0.490 e. The number of amides is 1. The van der Waals surface area contributed by atoms with Gasteiger partial charge in [0.2, 0.25) is 0 Å². The lowest BCUT2D eigenvalue weighted by Crippen LogP contribution is -2.25. The van der Waals surface area contributed by atoms with E-state index in [1.54, 1.807) is 37.3 Å². The fourth-order valence-corrected chi connectivity index (χ4v) is 2.05. The lowest BCUT2D eigenvalue weighted by atomic mass is 10.1. The number of hydrazone groups is 1. The van der Waals surface area contributed by atoms with Crippen LogP contribution in [0.2, 0.25) is 0 Å². The molecule has 1 N–H and O–H groups in total. The van der Waals surface area contributed by atoms with E-state index in [1.807, 2.05) is 13.0 Å². The number of rotatable bonds is 8. The molecule has 0 aliphatic heterocycles. The van der Waals surface area contributed by atoms with Gasteiger partial charge in [0, 0.05) is 12.1 Å². The van der Waals surface area contributed by atoms with Crippen LogP contribution in [-0.2, 0) is 4.79 Å². The van der Waals surface area contributed by atoms with Gasteiger partial charge in [0.15, 0.2) is 18.1 Å². The Morgan fingerprint density at radius 2 is 1.73 bits per heavy atom. The Morgan fingerprint density at radius 3 is 2.31 bits per heavy atom. The van der Waals surface area contributed by atoms with Gasteiger partial charge in [0.05, 0.1) is 17.2 Å². The predicted octanol–water partition coefficient (Wildman–Crippen LogP) is 2.91. The molecule has 8 heteroatoms. The molecule has 0 aromatic heterocycles. The van der Waals surface area contributed by atoms with Crippen LogP contribution in [0.1, 0.15) is 19.4 Å². The highest BCUT2D eigenvalue weighted by Crippen LogP contribution is 2.26. The molecule has 0 bridgehead atoms. The van der Waals surface area contributed by atoms with E-state index < -0.39 is 10.8 Å². The molecule has 2 aromatic carbocycles. The normalized spacial score (nSPS) is 10.9. The lowest BCUT2D eigenvalue weighted by molar-refractivity contribution is -0.384. The number of benzene rings is 2. The molecule has 0 atom stereocenters. The maximum Gasteiger partial charge on any atom is 0.277 e. The number of hydrogen-bond acceptors (Lipinski definition) is 6. The Balaban J connectivity index is 1.91. The molecule has 0 unspecified atom stereocenters. The Kier molecular flexibility index (Phi) is 6.67. The van der Waals surface area contributed by atoms with Crippen molar-refractivity contribution in [3.05, 3.63) is 64.2 Å². The Morgan fingerprint density at radius 1 is 1.12 bits per heavy atom. The van der Waals surface area contributed by atoms with Crippen molar-refractivity contribution in [2.24, 2.45) is 5.10 Å². The third-order valence-corrected chi connectivity index (χ3v) is 3.35. The summed E-state index contributed by atoms with van der Waals surface area (Å²) in [7, 11) is 0. The van der Waals surface area contributed by atoms with Crippen molar-refractivity contribution in [1.82, 2.24) is 5.43 Å². The SMILES string of the molecule is CCOc1ccccc1OCC(=O)N/N=C(\C)c1ccc([N+](=O)[O-])cc1.